The SMILES string of the molecule is Cc1nnnn1CC(=O)[C@H]1CC[C@H]2[C@@H]3CC[C@H]4C[C@@](O)(CF)CC[C@@H]4[C@H]3CC[C@]12C. The van der Waals surface area contributed by atoms with Crippen molar-refractivity contribution in [1.82, 2.24) is 20.2 Å². The molecule has 0 radical (unpaired) electrons. The number of fused-ring (bicyclic) bond motifs is 5. The third-order valence-electron chi connectivity index (χ3n) is 9.76. The predicted octanol–water partition coefficient (Wildman–Crippen LogP) is 3.52. The van der Waals surface area contributed by atoms with Gasteiger partial charge in [-0.2, -0.15) is 0 Å². The number of nitrogens with zero attached hydrogens (tertiary/aromatic N) is 4. The van der Waals surface area contributed by atoms with E-state index in [1.165, 1.54) is 12.8 Å². The molecule has 6 nitrogen and oxygen atoms in total. The average Bonchev–Trinajstić information content (AvgIpc) is 3.30. The quantitative estimate of drug-likeness (QED) is 0.809. The molecule has 4 saturated carbocycles. The van der Waals surface area contributed by atoms with Crippen molar-refractivity contribution in [3.05, 3.63) is 5.82 Å². The summed E-state index contributed by atoms with van der Waals surface area (Å²) in [5, 5.41) is 22.1. The number of tetrazole rings is 1. The van der Waals surface area contributed by atoms with Gasteiger partial charge in [0.1, 0.15) is 19.0 Å². The molecule has 1 aromatic rings. The molecule has 0 bridgehead atoms. The maximum absolute atomic E-state index is 13.4. The number of hydrogen-bond acceptors (Lipinski definition) is 5. The Labute approximate surface area is 178 Å². The van der Waals surface area contributed by atoms with Crippen LogP contribution < -0.4 is 0 Å². The highest BCUT2D eigenvalue weighted by atomic mass is 19.1. The van der Waals surface area contributed by atoms with Gasteiger partial charge >= 0.3 is 0 Å². The Kier molecular flexibility index (Phi) is 5.03. The lowest BCUT2D eigenvalue weighted by Gasteiger charge is -2.56. The lowest BCUT2D eigenvalue weighted by atomic mass is 9.49. The van der Waals surface area contributed by atoms with Crippen molar-refractivity contribution in [2.24, 2.45) is 40.9 Å². The molecule has 5 rings (SSSR count). The van der Waals surface area contributed by atoms with Crippen molar-refractivity contribution < 1.29 is 14.3 Å². The zero-order valence-corrected chi connectivity index (χ0v) is 18.3. The second-order valence-electron chi connectivity index (χ2n) is 11.1. The number of carbonyl (C=O) groups is 1. The van der Waals surface area contributed by atoms with Gasteiger partial charge in [-0.1, -0.05) is 6.92 Å². The van der Waals surface area contributed by atoms with Crippen LogP contribution in [0.5, 0.6) is 0 Å². The summed E-state index contributed by atoms with van der Waals surface area (Å²) in [6, 6.07) is 0. The minimum absolute atomic E-state index is 0.0847. The molecule has 4 fully saturated rings. The first-order valence-electron chi connectivity index (χ1n) is 11.9. The normalized spacial score (nSPS) is 45.5. The minimum atomic E-state index is -1.07. The summed E-state index contributed by atoms with van der Waals surface area (Å²) in [5.74, 6) is 4.20. The third kappa shape index (κ3) is 3.14. The van der Waals surface area contributed by atoms with Gasteiger partial charge in [0, 0.05) is 5.92 Å². The minimum Gasteiger partial charge on any atom is -0.387 e. The van der Waals surface area contributed by atoms with Crippen LogP contribution in [0.1, 0.15) is 70.5 Å². The molecule has 1 aromatic heterocycles. The first-order valence-corrected chi connectivity index (χ1v) is 11.9. The molecule has 7 heteroatoms. The summed E-state index contributed by atoms with van der Waals surface area (Å²) >= 11 is 0. The van der Waals surface area contributed by atoms with Gasteiger partial charge in [0.05, 0.1) is 5.60 Å². The Morgan fingerprint density at radius 1 is 1.13 bits per heavy atom. The molecule has 0 amide bonds. The number of Topliss-reactive ketones (excluding diaryl/α,β-unsaturated/α-hetero) is 1. The molecule has 0 unspecified atom stereocenters. The lowest BCUT2D eigenvalue weighted by molar-refractivity contribution is -0.134. The van der Waals surface area contributed by atoms with E-state index in [4.69, 9.17) is 0 Å². The van der Waals surface area contributed by atoms with Crippen molar-refractivity contribution >= 4 is 5.78 Å². The van der Waals surface area contributed by atoms with Crippen LogP contribution in [0, 0.1) is 47.8 Å². The number of carbonyl (C=O) groups excluding carboxylic acids is 1. The standard InChI is InChI=1S/C23H35FN4O2/c1-14-25-26-27-28(14)12-21(29)20-6-5-19-18-4-3-15-11-23(30,13-24)10-8-16(15)17(18)7-9-22(19,20)2/h15-20,30H,3-13H2,1-2H3/t15-,16-,17+,18+,19-,20+,22-,23+/m0/s1. The molecule has 1 heterocycles. The molecule has 30 heavy (non-hydrogen) atoms. The lowest BCUT2D eigenvalue weighted by Crippen LogP contribution is -2.52. The van der Waals surface area contributed by atoms with Gasteiger partial charge in [-0.3, -0.25) is 4.79 Å². The van der Waals surface area contributed by atoms with Gasteiger partial charge in [-0.15, -0.1) is 5.10 Å². The molecule has 0 aliphatic heterocycles. The molecule has 0 saturated heterocycles. The van der Waals surface area contributed by atoms with Crippen LogP contribution in [-0.4, -0.2) is 43.4 Å². The van der Waals surface area contributed by atoms with Crippen LogP contribution >= 0.6 is 0 Å². The summed E-state index contributed by atoms with van der Waals surface area (Å²) in [5.41, 5.74) is -0.988. The Morgan fingerprint density at radius 3 is 2.67 bits per heavy atom. The summed E-state index contributed by atoms with van der Waals surface area (Å²) in [6.07, 6.45) is 8.95. The highest BCUT2D eigenvalue weighted by molar-refractivity contribution is 5.82. The molecule has 8 atom stereocenters. The average molecular weight is 419 g/mol. The maximum atomic E-state index is 13.4. The fourth-order valence-electron chi connectivity index (χ4n) is 8.27. The molecule has 4 aliphatic rings. The molecular formula is C23H35FN4O2. The molecule has 4 aliphatic carbocycles. The van der Waals surface area contributed by atoms with Crippen molar-refractivity contribution in [2.75, 3.05) is 6.67 Å². The highest BCUT2D eigenvalue weighted by Gasteiger charge is 2.59. The van der Waals surface area contributed by atoms with Gasteiger partial charge in [0.2, 0.25) is 0 Å². The van der Waals surface area contributed by atoms with Crippen LogP contribution in [0.15, 0.2) is 0 Å². The predicted molar refractivity (Wildman–Crippen MR) is 109 cm³/mol. The number of aliphatic hydroxyl groups is 1. The molecular weight excluding hydrogens is 383 g/mol. The van der Waals surface area contributed by atoms with Gasteiger partial charge < -0.3 is 5.11 Å². The van der Waals surface area contributed by atoms with Gasteiger partial charge in [-0.05, 0) is 110 Å². The van der Waals surface area contributed by atoms with Crippen LogP contribution in [-0.2, 0) is 11.3 Å². The van der Waals surface area contributed by atoms with E-state index < -0.39 is 12.3 Å². The van der Waals surface area contributed by atoms with E-state index in [0.717, 1.165) is 32.1 Å². The summed E-state index contributed by atoms with van der Waals surface area (Å²) in [6.45, 7) is 3.89. The van der Waals surface area contributed by atoms with E-state index in [0.29, 0.717) is 48.3 Å². The van der Waals surface area contributed by atoms with Crippen molar-refractivity contribution in [2.45, 2.75) is 83.8 Å². The van der Waals surface area contributed by atoms with E-state index in [9.17, 15) is 14.3 Å². The molecule has 0 spiro atoms. The number of alkyl halides is 1. The van der Waals surface area contributed by atoms with E-state index in [1.54, 1.807) is 4.68 Å². The van der Waals surface area contributed by atoms with Crippen LogP contribution in [0.4, 0.5) is 4.39 Å². The molecule has 1 N–H and O–H groups in total. The Morgan fingerprint density at radius 2 is 1.93 bits per heavy atom. The van der Waals surface area contributed by atoms with E-state index >= 15 is 0 Å². The number of hydrogen-bond donors (Lipinski definition) is 1. The number of rotatable bonds is 4. The van der Waals surface area contributed by atoms with Crippen molar-refractivity contribution in [3.63, 3.8) is 0 Å². The first-order chi connectivity index (χ1) is 14.3. The van der Waals surface area contributed by atoms with Gasteiger partial charge in [-0.25, -0.2) is 9.07 Å². The monoisotopic (exact) mass is 418 g/mol. The second-order valence-corrected chi connectivity index (χ2v) is 11.1. The van der Waals surface area contributed by atoms with Crippen LogP contribution in [0.25, 0.3) is 0 Å². The summed E-state index contributed by atoms with van der Waals surface area (Å²) in [4.78, 5) is 13.2. The zero-order chi connectivity index (χ0) is 21.1. The fraction of sp³-hybridized carbons (Fsp3) is 0.913. The largest absolute Gasteiger partial charge is 0.387 e. The fourth-order valence-corrected chi connectivity index (χ4v) is 8.27. The van der Waals surface area contributed by atoms with Crippen molar-refractivity contribution in [1.29, 1.82) is 0 Å². The van der Waals surface area contributed by atoms with E-state index in [2.05, 4.69) is 22.4 Å². The summed E-state index contributed by atoms with van der Waals surface area (Å²) in [7, 11) is 0. The first kappa shape index (κ1) is 20.5. The summed E-state index contributed by atoms with van der Waals surface area (Å²) < 4.78 is 15.0. The van der Waals surface area contributed by atoms with Crippen molar-refractivity contribution in [3.8, 4) is 0 Å². The third-order valence-corrected chi connectivity index (χ3v) is 9.76. The number of ketones is 1. The number of aryl methyl sites for hydroxylation is 1. The zero-order valence-electron chi connectivity index (χ0n) is 18.3. The van der Waals surface area contributed by atoms with E-state index in [1.807, 2.05) is 6.92 Å². The van der Waals surface area contributed by atoms with Gasteiger partial charge in [0.15, 0.2) is 5.78 Å². The van der Waals surface area contributed by atoms with Gasteiger partial charge in [0.25, 0.3) is 0 Å². The Hall–Kier alpha value is -1.37. The van der Waals surface area contributed by atoms with E-state index in [-0.39, 0.29) is 23.7 Å². The molecule has 166 valence electrons. The smallest absolute Gasteiger partial charge is 0.158 e. The number of aromatic nitrogens is 4. The maximum Gasteiger partial charge on any atom is 0.158 e. The molecule has 0 aromatic carbocycles. The Balaban J connectivity index is 1.31. The van der Waals surface area contributed by atoms with Crippen LogP contribution in [0.3, 0.4) is 0 Å². The second kappa shape index (κ2) is 7.35. The topological polar surface area (TPSA) is 80.9 Å². The number of halogens is 1. The van der Waals surface area contributed by atoms with Crippen LogP contribution in [0.2, 0.25) is 0 Å². The Bertz CT molecular complexity index is 815. The highest BCUT2D eigenvalue weighted by Crippen LogP contribution is 2.64.